The van der Waals surface area contributed by atoms with Gasteiger partial charge in [-0.05, 0) is 60.1 Å². The number of aryl methyl sites for hydroxylation is 2. The summed E-state index contributed by atoms with van der Waals surface area (Å²) in [4.78, 5) is 15.7. The number of anilines is 1. The van der Waals surface area contributed by atoms with Crippen LogP contribution in [0.2, 0.25) is 0 Å². The minimum Gasteiger partial charge on any atom is -0.326 e. The quantitative estimate of drug-likeness (QED) is 0.689. The second kappa shape index (κ2) is 8.04. The molecule has 4 nitrogen and oxygen atoms in total. The molecule has 4 heteroatoms. The molecule has 27 heavy (non-hydrogen) atoms. The van der Waals surface area contributed by atoms with E-state index in [0.29, 0.717) is 6.42 Å². The van der Waals surface area contributed by atoms with Gasteiger partial charge < -0.3 is 9.88 Å². The van der Waals surface area contributed by atoms with Crippen molar-refractivity contribution in [1.82, 2.24) is 9.55 Å². The molecule has 136 valence electrons. The number of carbonyl (C=O) groups excluding carboxylic acids is 1. The lowest BCUT2D eigenvalue weighted by molar-refractivity contribution is -0.116. The molecule has 3 aromatic rings. The summed E-state index contributed by atoms with van der Waals surface area (Å²) in [5, 5.41) is 2.96. The number of allylic oxidation sites excluding steroid dienone is 1. The van der Waals surface area contributed by atoms with E-state index in [0.717, 1.165) is 31.4 Å². The lowest BCUT2D eigenvalue weighted by Gasteiger charge is -2.18. The van der Waals surface area contributed by atoms with Crippen LogP contribution in [-0.4, -0.2) is 15.5 Å². The first-order valence-electron chi connectivity index (χ1n) is 9.43. The van der Waals surface area contributed by atoms with Crippen LogP contribution in [0.3, 0.4) is 0 Å². The summed E-state index contributed by atoms with van der Waals surface area (Å²) in [5.41, 5.74) is 6.02. The van der Waals surface area contributed by atoms with Crippen molar-refractivity contribution in [1.29, 1.82) is 0 Å². The molecule has 0 saturated heterocycles. The van der Waals surface area contributed by atoms with Gasteiger partial charge in [-0.25, -0.2) is 4.98 Å². The molecule has 1 aliphatic rings. The molecular weight excluding hydrogens is 334 g/mol. The maximum Gasteiger partial charge on any atom is 0.224 e. The van der Waals surface area contributed by atoms with Crippen molar-refractivity contribution in [3.8, 4) is 0 Å². The summed E-state index contributed by atoms with van der Waals surface area (Å²) < 4.78 is 2.00. The van der Waals surface area contributed by atoms with Gasteiger partial charge in [0.25, 0.3) is 0 Å². The van der Waals surface area contributed by atoms with E-state index < -0.39 is 0 Å². The van der Waals surface area contributed by atoms with Gasteiger partial charge in [-0.2, -0.15) is 0 Å². The van der Waals surface area contributed by atoms with Crippen LogP contribution in [0.1, 0.15) is 36.0 Å². The highest BCUT2D eigenvalue weighted by atomic mass is 16.1. The zero-order valence-electron chi connectivity index (χ0n) is 15.3. The number of imidazole rings is 1. The molecule has 0 spiro atoms. The topological polar surface area (TPSA) is 46.9 Å². The molecule has 1 N–H and O–H groups in total. The largest absolute Gasteiger partial charge is 0.326 e. The van der Waals surface area contributed by atoms with Crippen LogP contribution >= 0.6 is 0 Å². The number of carbonyl (C=O) groups is 1. The summed E-state index contributed by atoms with van der Waals surface area (Å²) in [6.45, 7) is 0. The zero-order chi connectivity index (χ0) is 18.5. The Hall–Kier alpha value is -3.14. The molecule has 4 rings (SSSR count). The molecule has 1 aliphatic heterocycles. The first kappa shape index (κ1) is 17.3. The van der Waals surface area contributed by atoms with E-state index in [2.05, 4.69) is 59.0 Å². The van der Waals surface area contributed by atoms with Crippen LogP contribution in [-0.2, 0) is 17.6 Å². The van der Waals surface area contributed by atoms with Crippen LogP contribution in [0.15, 0.2) is 67.3 Å². The molecule has 0 aliphatic carbocycles. The smallest absolute Gasteiger partial charge is 0.224 e. The third-order valence-corrected chi connectivity index (χ3v) is 4.96. The molecule has 0 radical (unpaired) electrons. The van der Waals surface area contributed by atoms with Gasteiger partial charge in [-0.3, -0.25) is 4.79 Å². The van der Waals surface area contributed by atoms with Crippen LogP contribution < -0.4 is 5.32 Å². The number of nitrogens with zero attached hydrogens (tertiary/aromatic N) is 2. The Morgan fingerprint density at radius 1 is 1.15 bits per heavy atom. The Bertz CT molecular complexity index is 943. The summed E-state index contributed by atoms with van der Waals surface area (Å²) in [7, 11) is 0. The highest BCUT2D eigenvalue weighted by molar-refractivity contribution is 5.94. The lowest BCUT2D eigenvalue weighted by Crippen LogP contribution is -2.18. The van der Waals surface area contributed by atoms with E-state index in [4.69, 9.17) is 0 Å². The average molecular weight is 357 g/mol. The summed E-state index contributed by atoms with van der Waals surface area (Å²) in [6, 6.07) is 17.0. The molecule has 0 unspecified atom stereocenters. The van der Waals surface area contributed by atoms with Gasteiger partial charge >= 0.3 is 0 Å². The molecule has 0 atom stereocenters. The van der Waals surface area contributed by atoms with Crippen molar-refractivity contribution in [2.45, 2.75) is 32.1 Å². The van der Waals surface area contributed by atoms with Gasteiger partial charge in [0, 0.05) is 30.7 Å². The molecular formula is C23H23N3O. The number of nitrogens with one attached hydrogen (secondary N) is 1. The number of rotatable bonds is 6. The van der Waals surface area contributed by atoms with Crippen molar-refractivity contribution in [3.63, 3.8) is 0 Å². The van der Waals surface area contributed by atoms with Gasteiger partial charge in [0.15, 0.2) is 0 Å². The third-order valence-electron chi connectivity index (χ3n) is 4.96. The standard InChI is InChI=1S/C23H23N3O/c27-23-12-10-20-15-19(9-11-22(20)25-23)21(16-26-14-13-24-17-26)8-4-7-18-5-2-1-3-6-18/h1-3,5-6,9,11,13-17H,4,7-8,10,12H2,(H,25,27)/b21-16+. The fourth-order valence-electron chi connectivity index (χ4n) is 3.52. The lowest BCUT2D eigenvalue weighted by atomic mass is 9.94. The van der Waals surface area contributed by atoms with Gasteiger partial charge in [-0.1, -0.05) is 36.4 Å². The molecule has 1 aromatic heterocycles. The van der Waals surface area contributed by atoms with Crippen LogP contribution in [0.4, 0.5) is 5.69 Å². The Labute approximate surface area is 159 Å². The van der Waals surface area contributed by atoms with E-state index in [-0.39, 0.29) is 5.91 Å². The maximum absolute atomic E-state index is 11.6. The van der Waals surface area contributed by atoms with Gasteiger partial charge in [0.05, 0.1) is 6.33 Å². The number of hydrogen-bond donors (Lipinski definition) is 1. The fraction of sp³-hybridized carbons (Fsp3) is 0.217. The number of amides is 1. The van der Waals surface area contributed by atoms with Crippen molar-refractivity contribution in [2.24, 2.45) is 0 Å². The fourth-order valence-corrected chi connectivity index (χ4v) is 3.52. The minimum atomic E-state index is 0.104. The van der Waals surface area contributed by atoms with Crippen molar-refractivity contribution in [2.75, 3.05) is 5.32 Å². The zero-order valence-corrected chi connectivity index (χ0v) is 15.3. The van der Waals surface area contributed by atoms with Gasteiger partial charge in [0.1, 0.15) is 0 Å². The first-order valence-corrected chi connectivity index (χ1v) is 9.43. The minimum absolute atomic E-state index is 0.104. The Morgan fingerprint density at radius 3 is 2.85 bits per heavy atom. The highest BCUT2D eigenvalue weighted by Gasteiger charge is 2.15. The van der Waals surface area contributed by atoms with Gasteiger partial charge in [0.2, 0.25) is 5.91 Å². The first-order chi connectivity index (χ1) is 13.3. The summed E-state index contributed by atoms with van der Waals surface area (Å²) in [6.07, 6.45) is 12.2. The predicted molar refractivity (Wildman–Crippen MR) is 109 cm³/mol. The molecule has 0 saturated carbocycles. The van der Waals surface area contributed by atoms with E-state index in [1.54, 1.807) is 6.20 Å². The van der Waals surface area contributed by atoms with Gasteiger partial charge in [-0.15, -0.1) is 0 Å². The monoisotopic (exact) mass is 357 g/mol. The second-order valence-electron chi connectivity index (χ2n) is 6.92. The third kappa shape index (κ3) is 4.34. The van der Waals surface area contributed by atoms with E-state index >= 15 is 0 Å². The van der Waals surface area contributed by atoms with Crippen LogP contribution in [0.25, 0.3) is 11.8 Å². The molecule has 0 bridgehead atoms. The molecule has 1 amide bonds. The number of benzene rings is 2. The Kier molecular flexibility index (Phi) is 5.15. The number of hydrogen-bond acceptors (Lipinski definition) is 2. The van der Waals surface area contributed by atoms with Crippen molar-refractivity contribution >= 4 is 23.4 Å². The van der Waals surface area contributed by atoms with E-state index in [9.17, 15) is 4.79 Å². The van der Waals surface area contributed by atoms with Crippen LogP contribution in [0.5, 0.6) is 0 Å². The SMILES string of the molecule is O=C1CCc2cc(/C(=C/n3ccnc3)CCCc3ccccc3)ccc2N1. The Balaban J connectivity index is 1.56. The van der Waals surface area contributed by atoms with E-state index in [1.165, 1.54) is 22.3 Å². The summed E-state index contributed by atoms with van der Waals surface area (Å²) >= 11 is 0. The van der Waals surface area contributed by atoms with Crippen LogP contribution in [0, 0.1) is 0 Å². The highest BCUT2D eigenvalue weighted by Crippen LogP contribution is 2.29. The normalized spacial score (nSPS) is 13.9. The van der Waals surface area contributed by atoms with Crippen molar-refractivity contribution < 1.29 is 4.79 Å². The van der Waals surface area contributed by atoms with Crippen molar-refractivity contribution in [3.05, 3.63) is 83.9 Å². The summed E-state index contributed by atoms with van der Waals surface area (Å²) in [5.74, 6) is 0.104. The Morgan fingerprint density at radius 2 is 2.04 bits per heavy atom. The number of aromatic nitrogens is 2. The molecule has 2 heterocycles. The number of fused-ring (bicyclic) bond motifs is 1. The second-order valence-corrected chi connectivity index (χ2v) is 6.92. The molecule has 0 fully saturated rings. The average Bonchev–Trinajstić information content (AvgIpc) is 3.21. The molecule has 2 aromatic carbocycles. The van der Waals surface area contributed by atoms with E-state index in [1.807, 2.05) is 23.2 Å². The predicted octanol–water partition coefficient (Wildman–Crippen LogP) is 4.79. The maximum atomic E-state index is 11.6.